The predicted octanol–water partition coefficient (Wildman–Crippen LogP) is 3.38. The second kappa shape index (κ2) is 11.9. The fourth-order valence-electron chi connectivity index (χ4n) is 5.09. The summed E-state index contributed by atoms with van der Waals surface area (Å²) in [6, 6.07) is 9.15. The maximum Gasteiger partial charge on any atom is 0.410 e. The van der Waals surface area contributed by atoms with Crippen molar-refractivity contribution in [3.8, 4) is 11.3 Å². The predicted molar refractivity (Wildman–Crippen MR) is 152 cm³/mol. The van der Waals surface area contributed by atoms with Gasteiger partial charge in [0.1, 0.15) is 29.1 Å². The molecular formula is C29H36FN7O4. The Labute approximate surface area is 238 Å². The van der Waals surface area contributed by atoms with Crippen molar-refractivity contribution in [1.82, 2.24) is 24.8 Å². The van der Waals surface area contributed by atoms with Gasteiger partial charge in [-0.1, -0.05) is 24.3 Å². The number of ether oxygens (including phenoxy) is 2. The number of anilines is 1. The zero-order valence-electron chi connectivity index (χ0n) is 23.6. The minimum atomic E-state index is -1.25. The van der Waals surface area contributed by atoms with Gasteiger partial charge in [-0.2, -0.15) is 0 Å². The number of fused-ring (bicyclic) bond motifs is 1. The molecule has 2 aliphatic heterocycles. The van der Waals surface area contributed by atoms with Crippen molar-refractivity contribution in [2.45, 2.75) is 51.6 Å². The van der Waals surface area contributed by atoms with Crippen LogP contribution in [0.5, 0.6) is 0 Å². The number of rotatable bonds is 6. The largest absolute Gasteiger partial charge is 0.444 e. The number of morpholine rings is 1. The average Bonchev–Trinajstić information content (AvgIpc) is 2.92. The van der Waals surface area contributed by atoms with Gasteiger partial charge in [0.05, 0.1) is 31.0 Å². The van der Waals surface area contributed by atoms with E-state index in [0.29, 0.717) is 22.5 Å². The number of hydrogen-bond acceptors (Lipinski definition) is 9. The molecule has 2 atom stereocenters. The number of halogens is 1. The van der Waals surface area contributed by atoms with Gasteiger partial charge in [-0.05, 0) is 32.4 Å². The maximum atomic E-state index is 14.7. The molecule has 0 spiro atoms. The molecule has 2 aliphatic rings. The van der Waals surface area contributed by atoms with Crippen molar-refractivity contribution >= 4 is 28.9 Å². The molecule has 3 aromatic rings. The number of aromatic nitrogens is 3. The number of amides is 2. The zero-order chi connectivity index (χ0) is 29.1. The van der Waals surface area contributed by atoms with Gasteiger partial charge >= 0.3 is 6.09 Å². The van der Waals surface area contributed by atoms with Crippen molar-refractivity contribution in [3.63, 3.8) is 0 Å². The molecule has 2 amide bonds. The highest BCUT2D eigenvalue weighted by Gasteiger charge is 2.33. The first-order valence-corrected chi connectivity index (χ1v) is 13.8. The molecule has 2 aromatic heterocycles. The lowest BCUT2D eigenvalue weighted by atomic mass is 10.0. The fourth-order valence-corrected chi connectivity index (χ4v) is 5.09. The number of alkyl halides is 1. The summed E-state index contributed by atoms with van der Waals surface area (Å²) in [4.78, 5) is 42.2. The van der Waals surface area contributed by atoms with Crippen LogP contribution in [0.4, 0.5) is 15.0 Å². The van der Waals surface area contributed by atoms with Crippen molar-refractivity contribution in [3.05, 3.63) is 47.8 Å². The van der Waals surface area contributed by atoms with Gasteiger partial charge in [0.15, 0.2) is 5.82 Å². The molecule has 4 heterocycles. The summed E-state index contributed by atoms with van der Waals surface area (Å²) in [5.41, 5.74) is 8.36. The maximum absolute atomic E-state index is 14.7. The first kappa shape index (κ1) is 28.6. The van der Waals surface area contributed by atoms with Crippen LogP contribution in [0.15, 0.2) is 36.7 Å². The number of piperidine rings is 1. The van der Waals surface area contributed by atoms with E-state index in [0.717, 1.165) is 44.0 Å². The Hall–Kier alpha value is -3.90. The first-order valence-electron chi connectivity index (χ1n) is 13.8. The highest BCUT2D eigenvalue weighted by molar-refractivity contribution is 6.06. The van der Waals surface area contributed by atoms with E-state index in [-0.39, 0.29) is 25.1 Å². The number of nitrogens with zero attached hydrogens (tertiary/aromatic N) is 5. The second-order valence-electron chi connectivity index (χ2n) is 11.5. The second-order valence-corrected chi connectivity index (χ2v) is 11.5. The van der Waals surface area contributed by atoms with E-state index in [4.69, 9.17) is 20.2 Å². The van der Waals surface area contributed by atoms with Crippen LogP contribution in [0, 0.1) is 0 Å². The number of hydrogen-bond donors (Lipinski definition) is 2. The minimum Gasteiger partial charge on any atom is -0.444 e. The number of carbonyl (C=O) groups excluding carboxylic acids is 2. The molecule has 11 nitrogen and oxygen atoms in total. The number of likely N-dealkylation sites (tertiary alicyclic amines) is 1. The van der Waals surface area contributed by atoms with Crippen LogP contribution in [-0.4, -0.2) is 94.0 Å². The first-order chi connectivity index (χ1) is 19.6. The highest BCUT2D eigenvalue weighted by Crippen LogP contribution is 2.29. The van der Waals surface area contributed by atoms with Crippen LogP contribution in [0.25, 0.3) is 22.3 Å². The normalized spacial score (nSPS) is 20.1. The molecule has 2 fully saturated rings. The number of nitrogens with one attached hydrogen (secondary N) is 1. The molecular weight excluding hydrogens is 529 g/mol. The van der Waals surface area contributed by atoms with Crippen LogP contribution < -0.4 is 11.1 Å². The van der Waals surface area contributed by atoms with Crippen LogP contribution >= 0.6 is 0 Å². The van der Waals surface area contributed by atoms with Gasteiger partial charge in [-0.15, -0.1) is 0 Å². The van der Waals surface area contributed by atoms with E-state index in [2.05, 4.69) is 20.2 Å². The van der Waals surface area contributed by atoms with Crippen molar-refractivity contribution in [2.75, 3.05) is 44.7 Å². The van der Waals surface area contributed by atoms with E-state index in [1.807, 2.05) is 24.3 Å². The summed E-state index contributed by atoms with van der Waals surface area (Å²) < 4.78 is 25.6. The van der Waals surface area contributed by atoms with Crippen LogP contribution in [-0.2, 0) is 16.0 Å². The van der Waals surface area contributed by atoms with Crippen molar-refractivity contribution in [1.29, 1.82) is 0 Å². The Morgan fingerprint density at radius 2 is 1.85 bits per heavy atom. The van der Waals surface area contributed by atoms with Crippen molar-refractivity contribution < 1.29 is 23.5 Å². The van der Waals surface area contributed by atoms with E-state index in [1.165, 1.54) is 11.2 Å². The van der Waals surface area contributed by atoms with Gasteiger partial charge in [0.25, 0.3) is 5.91 Å². The highest BCUT2D eigenvalue weighted by atomic mass is 19.1. The lowest BCUT2D eigenvalue weighted by Gasteiger charge is -2.36. The minimum absolute atomic E-state index is 0.0482. The van der Waals surface area contributed by atoms with Gasteiger partial charge in [-0.3, -0.25) is 9.69 Å². The Bertz CT molecular complexity index is 1410. The Morgan fingerprint density at radius 1 is 1.12 bits per heavy atom. The molecule has 2 unspecified atom stereocenters. The molecule has 12 heteroatoms. The molecule has 0 saturated carbocycles. The van der Waals surface area contributed by atoms with Crippen molar-refractivity contribution in [2.24, 2.45) is 5.73 Å². The van der Waals surface area contributed by atoms with E-state index < -0.39 is 29.8 Å². The molecule has 0 aliphatic carbocycles. The Kier molecular flexibility index (Phi) is 8.32. The van der Waals surface area contributed by atoms with Crippen LogP contribution in [0.1, 0.15) is 43.1 Å². The molecule has 5 rings (SSSR count). The third kappa shape index (κ3) is 7.06. The molecule has 1 aromatic carbocycles. The number of carbonyl (C=O) groups is 2. The monoisotopic (exact) mass is 565 g/mol. The quantitative estimate of drug-likeness (QED) is 0.461. The third-order valence-electron chi connectivity index (χ3n) is 7.01. The van der Waals surface area contributed by atoms with E-state index in [9.17, 15) is 14.0 Å². The summed E-state index contributed by atoms with van der Waals surface area (Å²) in [6.07, 6.45) is -0.354. The lowest BCUT2D eigenvalue weighted by molar-refractivity contribution is 0.0124. The number of benzene rings is 1. The van der Waals surface area contributed by atoms with Crippen LogP contribution in [0.2, 0.25) is 0 Å². The lowest BCUT2D eigenvalue weighted by Crippen LogP contribution is -2.51. The summed E-state index contributed by atoms with van der Waals surface area (Å²) in [6.45, 7) is 9.54. The van der Waals surface area contributed by atoms with Gasteiger partial charge < -0.3 is 25.4 Å². The SMILES string of the molecule is CC(C)(C)OC(=O)N1CC(F)CC(Nc2ncnc3c(C(N)=O)cc(-c4ccc(CN5CCOCC5)cc4)nc23)C1. The number of primary amides is 1. The smallest absolute Gasteiger partial charge is 0.410 e. The average molecular weight is 566 g/mol. The summed E-state index contributed by atoms with van der Waals surface area (Å²) >= 11 is 0. The van der Waals surface area contributed by atoms with Gasteiger partial charge in [0.2, 0.25) is 0 Å². The van der Waals surface area contributed by atoms with Crippen LogP contribution in [0.3, 0.4) is 0 Å². The summed E-state index contributed by atoms with van der Waals surface area (Å²) in [7, 11) is 0. The Morgan fingerprint density at radius 3 is 2.54 bits per heavy atom. The molecule has 218 valence electrons. The number of nitrogens with two attached hydrogens (primary N) is 1. The topological polar surface area (TPSA) is 136 Å². The molecule has 0 radical (unpaired) electrons. The van der Waals surface area contributed by atoms with E-state index in [1.54, 1.807) is 26.8 Å². The fraction of sp³-hybridized carbons (Fsp3) is 0.483. The van der Waals surface area contributed by atoms with Gasteiger partial charge in [-0.25, -0.2) is 24.1 Å². The zero-order valence-corrected chi connectivity index (χ0v) is 23.6. The standard InChI is InChI=1S/C29H36FN7O4/c1-29(2,3)41-28(39)37-15-20(30)12-21(16-37)34-27-25-24(32-17-33-27)22(26(31)38)13-23(35-25)19-6-4-18(5-7-19)14-36-8-10-40-11-9-36/h4-7,13,17,20-21H,8-12,14-16H2,1-3H3,(H2,31,38)(H,32,33,34). The van der Waals surface area contributed by atoms with E-state index >= 15 is 0 Å². The Balaban J connectivity index is 1.42. The molecule has 0 bridgehead atoms. The summed E-state index contributed by atoms with van der Waals surface area (Å²) in [5, 5.41) is 3.23. The number of pyridine rings is 1. The molecule has 2 saturated heterocycles. The molecule has 41 heavy (non-hydrogen) atoms. The third-order valence-corrected chi connectivity index (χ3v) is 7.01. The summed E-state index contributed by atoms with van der Waals surface area (Å²) in [5.74, 6) is -0.323. The van der Waals surface area contributed by atoms with Gasteiger partial charge in [0, 0.05) is 44.2 Å². The molecule has 3 N–H and O–H groups in total.